The van der Waals surface area contributed by atoms with Crippen molar-refractivity contribution < 1.29 is 13.2 Å². The molecule has 0 radical (unpaired) electrons. The highest BCUT2D eigenvalue weighted by molar-refractivity contribution is 7.99. The highest BCUT2D eigenvalue weighted by Gasteiger charge is 2.31. The number of nitrogens with two attached hydrogens (primary N) is 1. The number of thioether (sulfide) groups is 1. The maximum absolute atomic E-state index is 12.6. The van der Waals surface area contributed by atoms with E-state index in [0.717, 1.165) is 10.6 Å². The maximum atomic E-state index is 12.6. The van der Waals surface area contributed by atoms with Crippen molar-refractivity contribution >= 4 is 23.3 Å². The molecule has 0 fully saturated rings. The molecule has 0 bridgehead atoms. The van der Waals surface area contributed by atoms with Gasteiger partial charge < -0.3 is 10.6 Å². The number of nitrogen functional groups attached to an aromatic ring is 1. The molecule has 3 N–H and O–H groups in total. The second-order valence-corrected chi connectivity index (χ2v) is 5.43. The van der Waals surface area contributed by atoms with Crippen molar-refractivity contribution in [2.75, 3.05) is 23.7 Å². The molecule has 3 nitrogen and oxygen atoms in total. The van der Waals surface area contributed by atoms with Crippen molar-refractivity contribution in [1.82, 2.24) is 0 Å². The Morgan fingerprint density at radius 2 is 2.00 bits per heavy atom. The van der Waals surface area contributed by atoms with E-state index >= 15 is 0 Å². The zero-order chi connectivity index (χ0) is 15.3. The summed E-state index contributed by atoms with van der Waals surface area (Å²) in [7, 11) is 0. The topological polar surface area (TPSA) is 53.1 Å². The molecule has 0 aliphatic heterocycles. The van der Waals surface area contributed by atoms with Gasteiger partial charge in [0.25, 0.3) is 0 Å². The Morgan fingerprint density at radius 3 is 2.45 bits per heavy atom. The van der Waals surface area contributed by atoms with Gasteiger partial charge in [-0.15, -0.1) is 11.8 Å². The number of benzene rings is 1. The Balaban J connectivity index is 3.27. The van der Waals surface area contributed by atoms with Crippen LogP contribution in [0.3, 0.4) is 0 Å². The van der Waals surface area contributed by atoms with E-state index in [2.05, 4.69) is 0 Å². The lowest BCUT2D eigenvalue weighted by molar-refractivity contribution is -0.119. The predicted molar refractivity (Wildman–Crippen MR) is 77.8 cm³/mol. The molecule has 0 aliphatic carbocycles. The van der Waals surface area contributed by atoms with Gasteiger partial charge in [-0.25, -0.2) is 0 Å². The number of nitrogens with zero attached hydrogens (tertiary/aromatic N) is 1. The number of hydrogen-bond acceptors (Lipinski definition) is 3. The van der Waals surface area contributed by atoms with Crippen LogP contribution in [0.25, 0.3) is 0 Å². The molecule has 0 saturated carbocycles. The van der Waals surface area contributed by atoms with Crippen LogP contribution in [0.15, 0.2) is 23.1 Å². The van der Waals surface area contributed by atoms with Crippen LogP contribution in [0.5, 0.6) is 0 Å². The number of amidine groups is 1. The van der Waals surface area contributed by atoms with Crippen LogP contribution in [0, 0.1) is 5.41 Å². The summed E-state index contributed by atoms with van der Waals surface area (Å²) in [4.78, 5) is 1.93. The molecule has 0 heterocycles. The van der Waals surface area contributed by atoms with Crippen LogP contribution in [0.2, 0.25) is 0 Å². The minimum absolute atomic E-state index is 0.194. The number of hydrogen-bond donors (Lipinski definition) is 2. The van der Waals surface area contributed by atoms with Gasteiger partial charge in [0.2, 0.25) is 0 Å². The quantitative estimate of drug-likeness (QED) is 0.481. The summed E-state index contributed by atoms with van der Waals surface area (Å²) in [5, 5.41) is 7.65. The Bertz CT molecular complexity index is 474. The molecule has 0 aliphatic rings. The fraction of sp³-hybridized carbons (Fsp3) is 0.462. The van der Waals surface area contributed by atoms with Gasteiger partial charge in [0.15, 0.2) is 0 Å². The van der Waals surface area contributed by atoms with Crippen LogP contribution in [0.4, 0.5) is 18.9 Å². The average Bonchev–Trinajstić information content (AvgIpc) is 2.34. The minimum Gasteiger partial charge on any atom is -0.384 e. The van der Waals surface area contributed by atoms with Crippen LogP contribution in [-0.4, -0.2) is 30.9 Å². The monoisotopic (exact) mass is 305 g/mol. The molecule has 0 saturated heterocycles. The van der Waals surface area contributed by atoms with Crippen molar-refractivity contribution in [1.29, 1.82) is 5.41 Å². The van der Waals surface area contributed by atoms with Crippen LogP contribution >= 0.6 is 11.8 Å². The second kappa shape index (κ2) is 6.88. The van der Waals surface area contributed by atoms with Crippen LogP contribution < -0.4 is 10.6 Å². The number of rotatable bonds is 6. The largest absolute Gasteiger partial charge is 0.405 e. The summed E-state index contributed by atoms with van der Waals surface area (Å²) in [5.41, 5.74) is 6.30. The molecule has 0 amide bonds. The molecule has 7 heteroatoms. The first-order chi connectivity index (χ1) is 9.30. The van der Waals surface area contributed by atoms with Gasteiger partial charge in [-0.05, 0) is 24.8 Å². The Hall–Kier alpha value is -1.37. The molecular formula is C13H18F3N3S. The summed E-state index contributed by atoms with van der Waals surface area (Å²) in [6, 6.07) is 5.04. The first kappa shape index (κ1) is 16.7. The van der Waals surface area contributed by atoms with Crippen molar-refractivity contribution in [3.63, 3.8) is 0 Å². The average molecular weight is 305 g/mol. The fourth-order valence-electron chi connectivity index (χ4n) is 1.91. The van der Waals surface area contributed by atoms with Crippen molar-refractivity contribution in [3.8, 4) is 0 Å². The summed E-state index contributed by atoms with van der Waals surface area (Å²) in [6.07, 6.45) is -4.29. The van der Waals surface area contributed by atoms with Crippen molar-refractivity contribution in [3.05, 3.63) is 23.8 Å². The third-order valence-electron chi connectivity index (χ3n) is 2.67. The minimum atomic E-state index is -4.29. The highest BCUT2D eigenvalue weighted by Crippen LogP contribution is 2.32. The van der Waals surface area contributed by atoms with Gasteiger partial charge in [0, 0.05) is 17.1 Å². The Kier molecular flexibility index (Phi) is 5.74. The van der Waals surface area contributed by atoms with E-state index in [1.165, 1.54) is 16.7 Å². The van der Waals surface area contributed by atoms with Crippen molar-refractivity contribution in [2.24, 2.45) is 5.73 Å². The van der Waals surface area contributed by atoms with E-state index in [4.69, 9.17) is 11.1 Å². The van der Waals surface area contributed by atoms with E-state index in [-0.39, 0.29) is 12.4 Å². The first-order valence-electron chi connectivity index (χ1n) is 6.22. The van der Waals surface area contributed by atoms with E-state index in [9.17, 15) is 13.2 Å². The number of alkyl halides is 3. The molecule has 1 rings (SSSR count). The molecule has 1 aromatic carbocycles. The molecular weight excluding hydrogens is 287 g/mol. The van der Waals surface area contributed by atoms with Crippen molar-refractivity contribution in [2.45, 2.75) is 24.9 Å². The molecule has 20 heavy (non-hydrogen) atoms. The van der Waals surface area contributed by atoms with Crippen LogP contribution in [0.1, 0.15) is 19.4 Å². The molecule has 0 unspecified atom stereocenters. The summed E-state index contributed by atoms with van der Waals surface area (Å²) in [6.45, 7) is 2.73. The Labute approximate surface area is 120 Å². The standard InChI is InChI=1S/C13H18F3N3S/c1-3-19(8-13(14,15)16)9-6-5-7-10(20-4-2)11(9)12(17)18/h5-7H,3-4,8H2,1-2H3,(H3,17,18). The maximum Gasteiger partial charge on any atom is 0.405 e. The normalized spacial score (nSPS) is 11.4. The zero-order valence-electron chi connectivity index (χ0n) is 11.4. The Morgan fingerprint density at radius 1 is 1.35 bits per heavy atom. The number of anilines is 1. The van der Waals surface area contributed by atoms with E-state index in [0.29, 0.717) is 11.3 Å². The smallest absolute Gasteiger partial charge is 0.384 e. The molecule has 1 aromatic rings. The first-order valence-corrected chi connectivity index (χ1v) is 7.20. The summed E-state index contributed by atoms with van der Waals surface area (Å²) >= 11 is 1.46. The van der Waals surface area contributed by atoms with Gasteiger partial charge in [0.05, 0.1) is 5.56 Å². The molecule has 112 valence electrons. The number of halogens is 3. The van der Waals surface area contributed by atoms with E-state index < -0.39 is 12.7 Å². The second-order valence-electron chi connectivity index (χ2n) is 4.13. The highest BCUT2D eigenvalue weighted by atomic mass is 32.2. The summed E-state index contributed by atoms with van der Waals surface area (Å²) in [5.74, 6) is 0.548. The van der Waals surface area contributed by atoms with Gasteiger partial charge in [0.1, 0.15) is 12.4 Å². The van der Waals surface area contributed by atoms with Gasteiger partial charge in [-0.1, -0.05) is 13.0 Å². The fourth-order valence-corrected chi connectivity index (χ4v) is 2.76. The molecule has 0 aromatic heterocycles. The van der Waals surface area contributed by atoms with E-state index in [1.54, 1.807) is 25.1 Å². The van der Waals surface area contributed by atoms with Crippen LogP contribution in [-0.2, 0) is 0 Å². The lowest BCUT2D eigenvalue weighted by Gasteiger charge is -2.27. The van der Waals surface area contributed by atoms with Gasteiger partial charge in [-0.2, -0.15) is 13.2 Å². The number of nitrogens with one attached hydrogen (secondary N) is 1. The lowest BCUT2D eigenvalue weighted by Crippen LogP contribution is -2.35. The van der Waals surface area contributed by atoms with E-state index in [1.807, 2.05) is 6.92 Å². The third-order valence-corrected chi connectivity index (χ3v) is 3.61. The summed E-state index contributed by atoms with van der Waals surface area (Å²) < 4.78 is 37.9. The molecule has 0 atom stereocenters. The lowest BCUT2D eigenvalue weighted by atomic mass is 10.1. The zero-order valence-corrected chi connectivity index (χ0v) is 12.2. The SMILES string of the molecule is CCSc1cccc(N(CC)CC(F)(F)F)c1C(=N)N. The van der Waals surface area contributed by atoms with Gasteiger partial charge >= 0.3 is 6.18 Å². The third kappa shape index (κ3) is 4.33. The van der Waals surface area contributed by atoms with Gasteiger partial charge in [-0.3, -0.25) is 5.41 Å². The molecule has 0 spiro atoms. The predicted octanol–water partition coefficient (Wildman–Crippen LogP) is 3.47.